The Kier molecular flexibility index (Phi) is 6.43. The number of hydrogen-bond donors (Lipinski definition) is 3. The average molecular weight is 407 g/mol. The van der Waals surface area contributed by atoms with Gasteiger partial charge in [0.2, 0.25) is 10.0 Å². The molecule has 3 rings (SSSR count). The van der Waals surface area contributed by atoms with Gasteiger partial charge in [0.05, 0.1) is 4.90 Å². The minimum atomic E-state index is -3.70. The molecule has 7 heteroatoms. The van der Waals surface area contributed by atoms with Crippen molar-refractivity contribution in [1.29, 1.82) is 0 Å². The maximum atomic E-state index is 12.5. The molecule has 0 saturated heterocycles. The van der Waals surface area contributed by atoms with Gasteiger partial charge in [-0.15, -0.1) is 6.58 Å². The minimum absolute atomic E-state index is 0.0226. The summed E-state index contributed by atoms with van der Waals surface area (Å²) in [5.74, 6) is -0.394. The molecular formula is C22H21N3O3S. The van der Waals surface area contributed by atoms with Crippen LogP contribution >= 0.6 is 0 Å². The van der Waals surface area contributed by atoms with Crippen LogP contribution in [0.2, 0.25) is 0 Å². The first-order chi connectivity index (χ1) is 14.0. The maximum Gasteiger partial charge on any atom is 0.255 e. The summed E-state index contributed by atoms with van der Waals surface area (Å²) in [6, 6.07) is 22.9. The Morgan fingerprint density at radius 2 is 1.52 bits per heavy atom. The van der Waals surface area contributed by atoms with Gasteiger partial charge in [-0.3, -0.25) is 4.79 Å². The van der Waals surface area contributed by atoms with Crippen molar-refractivity contribution < 1.29 is 13.2 Å². The summed E-state index contributed by atoms with van der Waals surface area (Å²) in [6.07, 6.45) is 1.45. The standard InChI is InChI=1S/C22H21N3O3S/c1-2-15-23-29(27,28)21-10-6-7-17(16-21)22(26)25-20-13-11-19(12-14-20)24-18-8-4-3-5-9-18/h2-14,16,23-24H,1,15H2,(H,25,26). The van der Waals surface area contributed by atoms with E-state index in [0.29, 0.717) is 5.69 Å². The van der Waals surface area contributed by atoms with Gasteiger partial charge < -0.3 is 10.6 Å². The molecule has 0 aliphatic carbocycles. The van der Waals surface area contributed by atoms with Crippen LogP contribution in [0.5, 0.6) is 0 Å². The Balaban J connectivity index is 1.69. The van der Waals surface area contributed by atoms with Crippen molar-refractivity contribution in [1.82, 2.24) is 4.72 Å². The van der Waals surface area contributed by atoms with Crippen molar-refractivity contribution in [3.05, 3.63) is 97.1 Å². The molecule has 0 aliphatic heterocycles. The van der Waals surface area contributed by atoms with Crippen LogP contribution in [0.3, 0.4) is 0 Å². The van der Waals surface area contributed by atoms with Gasteiger partial charge >= 0.3 is 0 Å². The zero-order chi connectivity index (χ0) is 20.7. The van der Waals surface area contributed by atoms with Crippen molar-refractivity contribution in [3.8, 4) is 0 Å². The first kappa shape index (κ1) is 20.3. The molecule has 0 atom stereocenters. The van der Waals surface area contributed by atoms with Gasteiger partial charge in [-0.05, 0) is 54.6 Å². The number of carbonyl (C=O) groups excluding carboxylic acids is 1. The lowest BCUT2D eigenvalue weighted by molar-refractivity contribution is 0.102. The molecule has 0 spiro atoms. The third-order valence-corrected chi connectivity index (χ3v) is 5.45. The highest BCUT2D eigenvalue weighted by molar-refractivity contribution is 7.89. The summed E-state index contributed by atoms with van der Waals surface area (Å²) < 4.78 is 26.8. The molecule has 3 N–H and O–H groups in total. The molecule has 0 saturated carbocycles. The highest BCUT2D eigenvalue weighted by Crippen LogP contribution is 2.19. The SMILES string of the molecule is C=CCNS(=O)(=O)c1cccc(C(=O)Nc2ccc(Nc3ccccc3)cc2)c1. The van der Waals surface area contributed by atoms with Crippen LogP contribution in [0.1, 0.15) is 10.4 Å². The van der Waals surface area contributed by atoms with Crippen LogP contribution < -0.4 is 15.4 Å². The van der Waals surface area contributed by atoms with Crippen LogP contribution in [0, 0.1) is 0 Å². The summed E-state index contributed by atoms with van der Waals surface area (Å²) in [4.78, 5) is 12.5. The summed E-state index contributed by atoms with van der Waals surface area (Å²) >= 11 is 0. The topological polar surface area (TPSA) is 87.3 Å². The smallest absolute Gasteiger partial charge is 0.255 e. The van der Waals surface area contributed by atoms with Gasteiger partial charge in [-0.25, -0.2) is 13.1 Å². The molecular weight excluding hydrogens is 386 g/mol. The second kappa shape index (κ2) is 9.18. The fourth-order valence-corrected chi connectivity index (χ4v) is 3.63. The van der Waals surface area contributed by atoms with Crippen molar-refractivity contribution in [2.45, 2.75) is 4.90 Å². The summed E-state index contributed by atoms with van der Waals surface area (Å²) in [7, 11) is -3.70. The van der Waals surface area contributed by atoms with Gasteiger partial charge in [-0.2, -0.15) is 0 Å². The summed E-state index contributed by atoms with van der Waals surface area (Å²) in [6.45, 7) is 3.60. The number of carbonyl (C=O) groups is 1. The van der Waals surface area contributed by atoms with E-state index < -0.39 is 15.9 Å². The Labute approximate surface area is 170 Å². The first-order valence-corrected chi connectivity index (χ1v) is 10.4. The molecule has 6 nitrogen and oxygen atoms in total. The van der Waals surface area contributed by atoms with Crippen LogP contribution in [0.25, 0.3) is 0 Å². The molecule has 0 aliphatic rings. The molecule has 0 bridgehead atoms. The highest BCUT2D eigenvalue weighted by Gasteiger charge is 2.15. The fourth-order valence-electron chi connectivity index (χ4n) is 2.58. The van der Waals surface area contributed by atoms with Crippen LogP contribution in [-0.2, 0) is 10.0 Å². The van der Waals surface area contributed by atoms with E-state index in [1.54, 1.807) is 18.2 Å². The number of para-hydroxylation sites is 1. The third-order valence-electron chi connectivity index (χ3n) is 4.03. The second-order valence-corrected chi connectivity index (χ2v) is 7.96. The number of anilines is 3. The van der Waals surface area contributed by atoms with E-state index in [4.69, 9.17) is 0 Å². The summed E-state index contributed by atoms with van der Waals surface area (Å²) in [5.41, 5.74) is 2.70. The van der Waals surface area contributed by atoms with Crippen molar-refractivity contribution in [2.24, 2.45) is 0 Å². The van der Waals surface area contributed by atoms with Crippen LogP contribution in [0.15, 0.2) is 96.4 Å². The fraction of sp³-hybridized carbons (Fsp3) is 0.0455. The molecule has 1 amide bonds. The quantitative estimate of drug-likeness (QED) is 0.490. The Hall–Kier alpha value is -3.42. The molecule has 29 heavy (non-hydrogen) atoms. The number of nitrogens with one attached hydrogen (secondary N) is 3. The maximum absolute atomic E-state index is 12.5. The third kappa shape index (κ3) is 5.54. The largest absolute Gasteiger partial charge is 0.356 e. The Morgan fingerprint density at radius 3 is 2.21 bits per heavy atom. The zero-order valence-electron chi connectivity index (χ0n) is 15.6. The average Bonchev–Trinajstić information content (AvgIpc) is 2.74. The van der Waals surface area contributed by atoms with E-state index in [-0.39, 0.29) is 17.0 Å². The molecule has 0 heterocycles. The molecule has 3 aromatic carbocycles. The second-order valence-electron chi connectivity index (χ2n) is 6.19. The van der Waals surface area contributed by atoms with E-state index >= 15 is 0 Å². The first-order valence-electron chi connectivity index (χ1n) is 8.92. The van der Waals surface area contributed by atoms with Gasteiger partial charge in [0.1, 0.15) is 0 Å². The van der Waals surface area contributed by atoms with E-state index in [9.17, 15) is 13.2 Å². The molecule has 0 fully saturated rings. The van der Waals surface area contributed by atoms with E-state index in [2.05, 4.69) is 21.9 Å². The van der Waals surface area contributed by atoms with Crippen LogP contribution in [0.4, 0.5) is 17.1 Å². The number of benzene rings is 3. The minimum Gasteiger partial charge on any atom is -0.356 e. The van der Waals surface area contributed by atoms with E-state index in [1.807, 2.05) is 42.5 Å². The molecule has 3 aromatic rings. The summed E-state index contributed by atoms with van der Waals surface area (Å²) in [5, 5.41) is 6.04. The van der Waals surface area contributed by atoms with Crippen molar-refractivity contribution in [3.63, 3.8) is 0 Å². The lowest BCUT2D eigenvalue weighted by atomic mass is 10.2. The van der Waals surface area contributed by atoms with E-state index in [1.165, 1.54) is 24.3 Å². The normalized spacial score (nSPS) is 10.9. The molecule has 0 unspecified atom stereocenters. The predicted octanol–water partition coefficient (Wildman–Crippen LogP) is 4.15. The molecule has 0 radical (unpaired) electrons. The monoisotopic (exact) mass is 407 g/mol. The number of sulfonamides is 1. The van der Waals surface area contributed by atoms with Crippen molar-refractivity contribution >= 4 is 33.0 Å². The number of amides is 1. The van der Waals surface area contributed by atoms with Gasteiger partial charge in [0.25, 0.3) is 5.91 Å². The Morgan fingerprint density at radius 1 is 0.862 bits per heavy atom. The number of rotatable bonds is 8. The van der Waals surface area contributed by atoms with Crippen molar-refractivity contribution in [2.75, 3.05) is 17.2 Å². The predicted molar refractivity (Wildman–Crippen MR) is 116 cm³/mol. The van der Waals surface area contributed by atoms with E-state index in [0.717, 1.165) is 11.4 Å². The van der Waals surface area contributed by atoms with Gasteiger partial charge in [0.15, 0.2) is 0 Å². The van der Waals surface area contributed by atoms with Gasteiger partial charge in [0, 0.05) is 29.2 Å². The molecule has 148 valence electrons. The number of hydrogen-bond acceptors (Lipinski definition) is 4. The highest BCUT2D eigenvalue weighted by atomic mass is 32.2. The molecule has 0 aromatic heterocycles. The van der Waals surface area contributed by atoms with Gasteiger partial charge in [-0.1, -0.05) is 30.3 Å². The lowest BCUT2D eigenvalue weighted by Crippen LogP contribution is -2.24. The lowest BCUT2D eigenvalue weighted by Gasteiger charge is -2.10. The Bertz CT molecular complexity index is 1100. The zero-order valence-corrected chi connectivity index (χ0v) is 16.4. The van der Waals surface area contributed by atoms with Crippen LogP contribution in [-0.4, -0.2) is 20.9 Å².